The van der Waals surface area contributed by atoms with E-state index in [9.17, 15) is 0 Å². The van der Waals surface area contributed by atoms with Gasteiger partial charge in [0.1, 0.15) is 0 Å². The Labute approximate surface area is 80.8 Å². The quantitative estimate of drug-likeness (QED) is 0.593. The van der Waals surface area contributed by atoms with Crippen LogP contribution in [-0.4, -0.2) is 0 Å². The summed E-state index contributed by atoms with van der Waals surface area (Å²) in [6, 6.07) is 4.35. The first-order valence-corrected chi connectivity index (χ1v) is 5.08. The molecule has 0 spiro atoms. The molecule has 0 radical (unpaired) electrons. The molecule has 0 bridgehead atoms. The third kappa shape index (κ3) is 1.13. The highest BCUT2D eigenvalue weighted by atomic mass is 35.5. The molecule has 0 N–H and O–H groups in total. The van der Waals surface area contributed by atoms with E-state index in [0.717, 1.165) is 5.02 Å². The zero-order chi connectivity index (χ0) is 8.72. The molecule has 0 aliphatic carbocycles. The van der Waals surface area contributed by atoms with Crippen LogP contribution in [0.25, 0.3) is 10.1 Å². The molecule has 2 rings (SSSR count). The Morgan fingerprint density at radius 3 is 2.58 bits per heavy atom. The topological polar surface area (TPSA) is 0 Å². The van der Waals surface area contributed by atoms with Crippen LogP contribution in [0.4, 0.5) is 0 Å². The first-order chi connectivity index (χ1) is 5.68. The summed E-state index contributed by atoms with van der Waals surface area (Å²) in [5.74, 6) is 0. The number of rotatable bonds is 0. The van der Waals surface area contributed by atoms with Gasteiger partial charge in [0.15, 0.2) is 0 Å². The van der Waals surface area contributed by atoms with Crippen molar-refractivity contribution < 1.29 is 0 Å². The van der Waals surface area contributed by atoms with E-state index in [1.165, 1.54) is 21.2 Å². The summed E-state index contributed by atoms with van der Waals surface area (Å²) in [6.45, 7) is 4.24. The molecule has 1 heterocycles. The van der Waals surface area contributed by atoms with Crippen molar-refractivity contribution in [3.05, 3.63) is 33.7 Å². The van der Waals surface area contributed by atoms with Crippen LogP contribution in [0.1, 0.15) is 11.1 Å². The van der Waals surface area contributed by atoms with E-state index in [4.69, 9.17) is 11.6 Å². The summed E-state index contributed by atoms with van der Waals surface area (Å²) in [7, 11) is 0. The van der Waals surface area contributed by atoms with Gasteiger partial charge in [0.25, 0.3) is 0 Å². The van der Waals surface area contributed by atoms with E-state index in [0.29, 0.717) is 0 Å². The number of halogens is 1. The van der Waals surface area contributed by atoms with Crippen molar-refractivity contribution in [2.45, 2.75) is 13.8 Å². The molecule has 2 aromatic rings. The largest absolute Gasteiger partial charge is 0.142 e. The molecule has 0 aliphatic rings. The van der Waals surface area contributed by atoms with Gasteiger partial charge in [-0.25, -0.2) is 0 Å². The van der Waals surface area contributed by atoms with Gasteiger partial charge in [0.05, 0.1) is 5.02 Å². The molecule has 0 aliphatic heterocycles. The summed E-state index contributed by atoms with van der Waals surface area (Å²) in [4.78, 5) is 0. The molecular weight excluding hydrogens is 188 g/mol. The lowest BCUT2D eigenvalue weighted by atomic mass is 10.1. The first kappa shape index (κ1) is 8.09. The second-order valence-electron chi connectivity index (χ2n) is 3.02. The number of thiophene rings is 1. The van der Waals surface area contributed by atoms with Gasteiger partial charge in [-0.05, 0) is 37.1 Å². The van der Waals surface area contributed by atoms with Crippen molar-refractivity contribution in [1.29, 1.82) is 0 Å². The lowest BCUT2D eigenvalue weighted by Gasteiger charge is -1.98. The number of fused-ring (bicyclic) bond motifs is 1. The minimum atomic E-state index is 0.873. The van der Waals surface area contributed by atoms with Crippen LogP contribution < -0.4 is 0 Å². The van der Waals surface area contributed by atoms with Crippen LogP contribution in [-0.2, 0) is 0 Å². The number of aryl methyl sites for hydroxylation is 2. The second-order valence-corrected chi connectivity index (χ2v) is 4.33. The van der Waals surface area contributed by atoms with Crippen LogP contribution in [0.5, 0.6) is 0 Å². The van der Waals surface area contributed by atoms with Gasteiger partial charge >= 0.3 is 0 Å². The van der Waals surface area contributed by atoms with Crippen molar-refractivity contribution in [3.63, 3.8) is 0 Å². The highest BCUT2D eigenvalue weighted by Crippen LogP contribution is 2.31. The van der Waals surface area contributed by atoms with Crippen molar-refractivity contribution >= 4 is 33.0 Å². The summed E-state index contributed by atoms with van der Waals surface area (Å²) in [6.07, 6.45) is 0. The fraction of sp³-hybridized carbons (Fsp3) is 0.200. The average molecular weight is 197 g/mol. The van der Waals surface area contributed by atoms with Gasteiger partial charge in [0, 0.05) is 15.5 Å². The van der Waals surface area contributed by atoms with Crippen LogP contribution in [0.2, 0.25) is 5.02 Å². The van der Waals surface area contributed by atoms with E-state index in [2.05, 4.69) is 26.0 Å². The molecule has 0 fully saturated rings. The van der Waals surface area contributed by atoms with E-state index < -0.39 is 0 Å². The van der Waals surface area contributed by atoms with E-state index in [1.54, 1.807) is 11.3 Å². The zero-order valence-electron chi connectivity index (χ0n) is 7.02. The molecule has 0 unspecified atom stereocenters. The summed E-state index contributed by atoms with van der Waals surface area (Å²) in [5, 5.41) is 4.05. The Kier molecular flexibility index (Phi) is 1.85. The number of benzene rings is 1. The number of hydrogen-bond donors (Lipinski definition) is 0. The standard InChI is InChI=1S/C10H9ClS/c1-6-3-8-9(11)5-12-10(8)4-7(6)2/h3-5H,1-2H3. The van der Waals surface area contributed by atoms with Crippen molar-refractivity contribution in [2.24, 2.45) is 0 Å². The van der Waals surface area contributed by atoms with Crippen LogP contribution in [0.15, 0.2) is 17.5 Å². The number of hydrogen-bond acceptors (Lipinski definition) is 1. The van der Waals surface area contributed by atoms with Crippen LogP contribution >= 0.6 is 22.9 Å². The normalized spacial score (nSPS) is 10.9. The third-order valence-corrected chi connectivity index (χ3v) is 3.53. The zero-order valence-corrected chi connectivity index (χ0v) is 8.59. The van der Waals surface area contributed by atoms with Gasteiger partial charge in [-0.15, -0.1) is 11.3 Å². The molecule has 0 amide bonds. The molecule has 1 aromatic carbocycles. The summed E-state index contributed by atoms with van der Waals surface area (Å²) < 4.78 is 1.28. The van der Waals surface area contributed by atoms with Gasteiger partial charge in [-0.3, -0.25) is 0 Å². The molecule has 0 saturated carbocycles. The van der Waals surface area contributed by atoms with Crippen molar-refractivity contribution in [2.75, 3.05) is 0 Å². The van der Waals surface area contributed by atoms with Gasteiger partial charge in [-0.2, -0.15) is 0 Å². The maximum Gasteiger partial charge on any atom is 0.0591 e. The van der Waals surface area contributed by atoms with Crippen molar-refractivity contribution in [3.8, 4) is 0 Å². The molecule has 62 valence electrons. The fourth-order valence-corrected chi connectivity index (χ4v) is 2.50. The van der Waals surface area contributed by atoms with Gasteiger partial charge in [0.2, 0.25) is 0 Å². The average Bonchev–Trinajstić information content (AvgIpc) is 2.35. The minimum absolute atomic E-state index is 0.873. The maximum atomic E-state index is 6.01. The van der Waals surface area contributed by atoms with E-state index in [-0.39, 0.29) is 0 Å². The van der Waals surface area contributed by atoms with Crippen molar-refractivity contribution in [1.82, 2.24) is 0 Å². The smallest absolute Gasteiger partial charge is 0.0591 e. The Bertz CT molecular complexity index is 429. The second kappa shape index (κ2) is 2.75. The maximum absolute atomic E-state index is 6.01. The highest BCUT2D eigenvalue weighted by molar-refractivity contribution is 7.17. The molecule has 0 nitrogen and oxygen atoms in total. The van der Waals surface area contributed by atoms with E-state index >= 15 is 0 Å². The fourth-order valence-electron chi connectivity index (χ4n) is 1.25. The van der Waals surface area contributed by atoms with Crippen LogP contribution in [0.3, 0.4) is 0 Å². The SMILES string of the molecule is Cc1cc2scc(Cl)c2cc1C. The first-order valence-electron chi connectivity index (χ1n) is 3.82. The Balaban J connectivity index is 2.87. The lowest BCUT2D eigenvalue weighted by Crippen LogP contribution is -1.78. The van der Waals surface area contributed by atoms with Gasteiger partial charge in [-0.1, -0.05) is 11.6 Å². The monoisotopic (exact) mass is 196 g/mol. The van der Waals surface area contributed by atoms with Gasteiger partial charge < -0.3 is 0 Å². The Morgan fingerprint density at radius 2 is 1.83 bits per heavy atom. The molecule has 12 heavy (non-hydrogen) atoms. The Morgan fingerprint density at radius 1 is 1.17 bits per heavy atom. The molecule has 0 saturated heterocycles. The highest BCUT2D eigenvalue weighted by Gasteiger charge is 2.02. The summed E-state index contributed by atoms with van der Waals surface area (Å²) in [5.41, 5.74) is 2.64. The predicted molar refractivity (Wildman–Crippen MR) is 56.3 cm³/mol. The molecule has 1 aromatic heterocycles. The third-order valence-electron chi connectivity index (χ3n) is 2.14. The molecule has 0 atom stereocenters. The molecular formula is C10H9ClS. The predicted octanol–water partition coefficient (Wildman–Crippen LogP) is 4.17. The van der Waals surface area contributed by atoms with E-state index in [1.807, 2.05) is 5.38 Å². The summed E-state index contributed by atoms with van der Waals surface area (Å²) >= 11 is 7.71. The molecule has 2 heteroatoms. The van der Waals surface area contributed by atoms with Crippen LogP contribution in [0, 0.1) is 13.8 Å². The lowest BCUT2D eigenvalue weighted by molar-refractivity contribution is 1.37. The Hall–Kier alpha value is -0.530. The minimum Gasteiger partial charge on any atom is -0.142 e.